The second kappa shape index (κ2) is 3.54. The third kappa shape index (κ3) is 2.88. The molecule has 1 aliphatic rings. The van der Waals surface area contributed by atoms with E-state index >= 15 is 0 Å². The largest absolute Gasteiger partial charge is 0.512 e. The second-order valence-electron chi connectivity index (χ2n) is 4.79. The smallest absolute Gasteiger partial charge is 0.0966 e. The Morgan fingerprint density at radius 2 is 2.00 bits per heavy atom. The zero-order valence-electron chi connectivity index (χ0n) is 8.89. The lowest BCUT2D eigenvalue weighted by Crippen LogP contribution is -2.20. The van der Waals surface area contributed by atoms with Crippen LogP contribution in [0.1, 0.15) is 6.92 Å². The Bertz CT molecular complexity index is 286. The highest BCUT2D eigenvalue weighted by Crippen LogP contribution is 2.28. The molecule has 0 saturated heterocycles. The van der Waals surface area contributed by atoms with Crippen molar-refractivity contribution >= 4 is 8.07 Å². The fourth-order valence-electron chi connectivity index (χ4n) is 1.54. The first-order valence-corrected chi connectivity index (χ1v) is 8.38. The minimum Gasteiger partial charge on any atom is -0.512 e. The summed E-state index contributed by atoms with van der Waals surface area (Å²) in [6, 6.07) is 1.15. The molecule has 72 valence electrons. The molecule has 1 N–H and O–H groups in total. The highest BCUT2D eigenvalue weighted by atomic mass is 28.3. The molecule has 1 nitrogen and oxygen atoms in total. The molecule has 0 amide bonds. The molecule has 0 heterocycles. The van der Waals surface area contributed by atoms with Gasteiger partial charge in [0.05, 0.1) is 5.76 Å². The van der Waals surface area contributed by atoms with Gasteiger partial charge >= 0.3 is 0 Å². The molecule has 0 fully saturated rings. The predicted molar refractivity (Wildman–Crippen MR) is 60.7 cm³/mol. The summed E-state index contributed by atoms with van der Waals surface area (Å²) < 4.78 is 0. The van der Waals surface area contributed by atoms with Gasteiger partial charge in [-0.05, 0) is 18.5 Å². The molecule has 0 saturated carbocycles. The van der Waals surface area contributed by atoms with Gasteiger partial charge in [0, 0.05) is 13.6 Å². The first kappa shape index (κ1) is 10.3. The van der Waals surface area contributed by atoms with E-state index in [2.05, 4.69) is 25.7 Å². The lowest BCUT2D eigenvalue weighted by atomic mass is 10.1. The first-order chi connectivity index (χ1) is 5.90. The van der Waals surface area contributed by atoms with Crippen LogP contribution in [0.5, 0.6) is 0 Å². The van der Waals surface area contributed by atoms with Gasteiger partial charge in [-0.25, -0.2) is 0 Å². The van der Waals surface area contributed by atoms with Crippen LogP contribution < -0.4 is 0 Å². The Morgan fingerprint density at radius 3 is 2.46 bits per heavy atom. The number of allylic oxidation sites excluding steroid dienone is 6. The maximum Gasteiger partial charge on any atom is 0.0966 e. The van der Waals surface area contributed by atoms with Crippen molar-refractivity contribution in [1.29, 1.82) is 0 Å². The summed E-state index contributed by atoms with van der Waals surface area (Å²) >= 11 is 0. The highest BCUT2D eigenvalue weighted by Gasteiger charge is 2.19. The number of aliphatic hydroxyl groups excluding tert-OH is 1. The van der Waals surface area contributed by atoms with Crippen molar-refractivity contribution in [2.45, 2.75) is 32.6 Å². The van der Waals surface area contributed by atoms with Crippen molar-refractivity contribution in [3.63, 3.8) is 0 Å². The molecule has 0 aromatic heterocycles. The Morgan fingerprint density at radius 1 is 1.38 bits per heavy atom. The van der Waals surface area contributed by atoms with Gasteiger partial charge in [-0.2, -0.15) is 0 Å². The van der Waals surface area contributed by atoms with Crippen molar-refractivity contribution < 1.29 is 5.11 Å². The van der Waals surface area contributed by atoms with Gasteiger partial charge in [-0.15, -0.1) is 0 Å². The molecule has 0 spiro atoms. The molecule has 0 atom stereocenters. The number of aliphatic hydroxyl groups is 1. The fraction of sp³-hybridized carbons (Fsp3) is 0.455. The van der Waals surface area contributed by atoms with Gasteiger partial charge in [0.15, 0.2) is 0 Å². The molecule has 1 rings (SSSR count). The highest BCUT2D eigenvalue weighted by molar-refractivity contribution is 6.76. The van der Waals surface area contributed by atoms with Gasteiger partial charge in [0.2, 0.25) is 0 Å². The van der Waals surface area contributed by atoms with Gasteiger partial charge in [0.1, 0.15) is 0 Å². The van der Waals surface area contributed by atoms with E-state index in [4.69, 9.17) is 0 Å². The van der Waals surface area contributed by atoms with Gasteiger partial charge in [-0.1, -0.05) is 37.9 Å². The maximum atomic E-state index is 9.42. The lowest BCUT2D eigenvalue weighted by molar-refractivity contribution is 0.410. The molecule has 0 aromatic rings. The zero-order chi connectivity index (χ0) is 10.1. The standard InChI is InChI=1S/C11H18OSi/c1-9(12)11-7-5-6-10(11)8-13(2,3)4/h5-7,12H,8H2,1-4H3. The van der Waals surface area contributed by atoms with Crippen molar-refractivity contribution in [2.24, 2.45) is 0 Å². The summed E-state index contributed by atoms with van der Waals surface area (Å²) in [5.41, 5.74) is 2.33. The van der Waals surface area contributed by atoms with Crippen LogP contribution in [-0.2, 0) is 0 Å². The number of hydrogen-bond donors (Lipinski definition) is 1. The number of rotatable bonds is 2. The van der Waals surface area contributed by atoms with Gasteiger partial charge < -0.3 is 5.11 Å². The molecule has 0 radical (unpaired) electrons. The molecule has 0 aliphatic heterocycles. The van der Waals surface area contributed by atoms with Gasteiger partial charge in [-0.3, -0.25) is 0 Å². The first-order valence-electron chi connectivity index (χ1n) is 4.67. The Kier molecular flexibility index (Phi) is 2.81. The van der Waals surface area contributed by atoms with Crippen LogP contribution in [0.2, 0.25) is 25.7 Å². The summed E-state index contributed by atoms with van der Waals surface area (Å²) in [6.45, 7) is 8.78. The average Bonchev–Trinajstić information content (AvgIpc) is 2.31. The van der Waals surface area contributed by atoms with Crippen molar-refractivity contribution in [2.75, 3.05) is 0 Å². The van der Waals surface area contributed by atoms with Crippen LogP contribution in [0.25, 0.3) is 0 Å². The Hall–Kier alpha value is -0.763. The minimum absolute atomic E-state index is 0.443. The van der Waals surface area contributed by atoms with E-state index in [9.17, 15) is 5.11 Å². The van der Waals surface area contributed by atoms with Crippen LogP contribution in [0.15, 0.2) is 35.1 Å². The molecule has 13 heavy (non-hydrogen) atoms. The van der Waals surface area contributed by atoms with Crippen molar-refractivity contribution in [3.8, 4) is 0 Å². The Balaban J connectivity index is 2.80. The van der Waals surface area contributed by atoms with E-state index in [0.717, 1.165) is 11.6 Å². The minimum atomic E-state index is -1.06. The second-order valence-corrected chi connectivity index (χ2v) is 10.3. The Labute approximate surface area is 81.5 Å². The van der Waals surface area contributed by atoms with Crippen LogP contribution in [0.3, 0.4) is 0 Å². The fourth-order valence-corrected chi connectivity index (χ4v) is 2.99. The van der Waals surface area contributed by atoms with E-state index in [1.54, 1.807) is 6.92 Å². The average molecular weight is 194 g/mol. The van der Waals surface area contributed by atoms with Crippen LogP contribution in [0, 0.1) is 0 Å². The normalized spacial score (nSPS) is 20.5. The van der Waals surface area contributed by atoms with Crippen molar-refractivity contribution in [1.82, 2.24) is 0 Å². The van der Waals surface area contributed by atoms with Crippen molar-refractivity contribution in [3.05, 3.63) is 35.1 Å². The lowest BCUT2D eigenvalue weighted by Gasteiger charge is -2.17. The van der Waals surface area contributed by atoms with E-state index in [1.165, 1.54) is 5.57 Å². The van der Waals surface area contributed by atoms with E-state index in [-0.39, 0.29) is 0 Å². The third-order valence-electron chi connectivity index (χ3n) is 2.02. The summed E-state index contributed by atoms with van der Waals surface area (Å²) in [7, 11) is -1.06. The molecule has 0 aromatic carbocycles. The molecule has 0 bridgehead atoms. The van der Waals surface area contributed by atoms with Crippen LogP contribution in [0.4, 0.5) is 0 Å². The molecule has 1 aliphatic carbocycles. The number of hydrogen-bond acceptors (Lipinski definition) is 1. The SMILES string of the molecule is CC(O)=C1C=CC=C1C[Si](C)(C)C. The van der Waals surface area contributed by atoms with Gasteiger partial charge in [0.25, 0.3) is 0 Å². The van der Waals surface area contributed by atoms with E-state index in [0.29, 0.717) is 5.76 Å². The van der Waals surface area contributed by atoms with Crippen LogP contribution >= 0.6 is 0 Å². The molecule has 0 unspecified atom stereocenters. The molecular weight excluding hydrogens is 176 g/mol. The third-order valence-corrected chi connectivity index (χ3v) is 3.46. The summed E-state index contributed by atoms with van der Waals surface area (Å²) in [4.78, 5) is 0. The molecular formula is C11H18OSi. The monoisotopic (exact) mass is 194 g/mol. The quantitative estimate of drug-likeness (QED) is 0.525. The van der Waals surface area contributed by atoms with E-state index in [1.807, 2.05) is 12.2 Å². The van der Waals surface area contributed by atoms with Crippen LogP contribution in [-0.4, -0.2) is 13.2 Å². The topological polar surface area (TPSA) is 20.2 Å². The predicted octanol–water partition coefficient (Wildman–Crippen LogP) is 3.65. The summed E-state index contributed by atoms with van der Waals surface area (Å²) in [5, 5.41) is 9.42. The summed E-state index contributed by atoms with van der Waals surface area (Å²) in [5.74, 6) is 0.443. The summed E-state index contributed by atoms with van der Waals surface area (Å²) in [6.07, 6.45) is 6.13. The van der Waals surface area contributed by atoms with E-state index < -0.39 is 8.07 Å². The zero-order valence-corrected chi connectivity index (χ0v) is 9.89. The maximum absolute atomic E-state index is 9.42. The molecule has 2 heteroatoms.